The zero-order chi connectivity index (χ0) is 20.9. The largest absolute Gasteiger partial charge is 0.497 e. The van der Waals surface area contributed by atoms with E-state index in [-0.39, 0.29) is 11.6 Å². The van der Waals surface area contributed by atoms with E-state index in [1.54, 1.807) is 7.11 Å². The predicted octanol–water partition coefficient (Wildman–Crippen LogP) is 2.91. The van der Waals surface area contributed by atoms with Gasteiger partial charge in [-0.1, -0.05) is 12.1 Å². The van der Waals surface area contributed by atoms with Gasteiger partial charge in [0, 0.05) is 25.8 Å². The predicted molar refractivity (Wildman–Crippen MR) is 99.7 cm³/mol. The zero-order valence-electron chi connectivity index (χ0n) is 15.9. The number of carbonyl (C=O) groups excluding carboxylic acids is 1. The summed E-state index contributed by atoms with van der Waals surface area (Å²) in [4.78, 5) is 18.0. The van der Waals surface area contributed by atoms with E-state index in [0.29, 0.717) is 32.8 Å². The SMILES string of the molecule is COc1ccc([C@H](CNC(=O)c2ccc(C(F)(F)F)nc2)N2CCOCC2)cc1. The van der Waals surface area contributed by atoms with Gasteiger partial charge in [0.05, 0.1) is 31.9 Å². The summed E-state index contributed by atoms with van der Waals surface area (Å²) in [5, 5.41) is 2.81. The molecule has 0 spiro atoms. The van der Waals surface area contributed by atoms with Crippen molar-refractivity contribution < 1.29 is 27.4 Å². The Morgan fingerprint density at radius 3 is 2.45 bits per heavy atom. The number of alkyl halides is 3. The topological polar surface area (TPSA) is 63.7 Å². The number of nitrogens with one attached hydrogen (secondary N) is 1. The number of aromatic nitrogens is 1. The number of benzene rings is 1. The van der Waals surface area contributed by atoms with Crippen LogP contribution in [-0.2, 0) is 10.9 Å². The Kier molecular flexibility index (Phi) is 6.71. The molecule has 2 aromatic rings. The Morgan fingerprint density at radius 1 is 1.21 bits per heavy atom. The molecular formula is C20H22F3N3O3. The van der Waals surface area contributed by atoms with Crippen LogP contribution in [0.4, 0.5) is 13.2 Å². The van der Waals surface area contributed by atoms with Crippen molar-refractivity contribution in [3.8, 4) is 5.75 Å². The number of morpholine rings is 1. The third kappa shape index (κ3) is 5.45. The van der Waals surface area contributed by atoms with Gasteiger partial charge in [-0.25, -0.2) is 0 Å². The number of nitrogens with zero attached hydrogens (tertiary/aromatic N) is 2. The standard InChI is InChI=1S/C20H22F3N3O3/c1-28-16-5-2-14(3-6-16)17(26-8-10-29-11-9-26)13-25-19(27)15-4-7-18(24-12-15)20(21,22)23/h2-7,12,17H,8-11,13H2,1H3,(H,25,27)/t17-/m0/s1. The summed E-state index contributed by atoms with van der Waals surface area (Å²) in [5.74, 6) is 0.257. The highest BCUT2D eigenvalue weighted by molar-refractivity contribution is 5.93. The molecule has 0 radical (unpaired) electrons. The van der Waals surface area contributed by atoms with Crippen LogP contribution in [-0.4, -0.2) is 55.7 Å². The molecule has 156 valence electrons. The van der Waals surface area contributed by atoms with Gasteiger partial charge in [-0.15, -0.1) is 0 Å². The summed E-state index contributed by atoms with van der Waals surface area (Å²) in [7, 11) is 1.59. The maximum Gasteiger partial charge on any atom is 0.433 e. The lowest BCUT2D eigenvalue weighted by Gasteiger charge is -2.35. The normalized spacial score (nSPS) is 16.3. The van der Waals surface area contributed by atoms with E-state index in [1.165, 1.54) is 0 Å². The second-order valence-corrected chi connectivity index (χ2v) is 6.58. The van der Waals surface area contributed by atoms with Crippen molar-refractivity contribution in [3.05, 3.63) is 59.4 Å². The molecule has 1 aromatic heterocycles. The fourth-order valence-electron chi connectivity index (χ4n) is 3.16. The van der Waals surface area contributed by atoms with Crippen LogP contribution in [0.5, 0.6) is 5.75 Å². The summed E-state index contributed by atoms with van der Waals surface area (Å²) in [5.41, 5.74) is 0.0467. The summed E-state index contributed by atoms with van der Waals surface area (Å²) in [6.07, 6.45) is -3.60. The first kappa shape index (κ1) is 21.1. The second-order valence-electron chi connectivity index (χ2n) is 6.58. The van der Waals surface area contributed by atoms with E-state index in [1.807, 2.05) is 24.3 Å². The van der Waals surface area contributed by atoms with Gasteiger partial charge in [-0.3, -0.25) is 14.7 Å². The van der Waals surface area contributed by atoms with E-state index in [2.05, 4.69) is 15.2 Å². The van der Waals surface area contributed by atoms with Crippen molar-refractivity contribution in [1.29, 1.82) is 0 Å². The molecule has 0 saturated carbocycles. The van der Waals surface area contributed by atoms with Crippen molar-refractivity contribution >= 4 is 5.91 Å². The van der Waals surface area contributed by atoms with Gasteiger partial charge < -0.3 is 14.8 Å². The first-order chi connectivity index (χ1) is 13.9. The number of pyridine rings is 1. The molecule has 6 nitrogen and oxygen atoms in total. The zero-order valence-corrected chi connectivity index (χ0v) is 15.9. The molecule has 0 unspecified atom stereocenters. The van der Waals surface area contributed by atoms with Gasteiger partial charge in [0.15, 0.2) is 0 Å². The summed E-state index contributed by atoms with van der Waals surface area (Å²) in [6.45, 7) is 2.93. The summed E-state index contributed by atoms with van der Waals surface area (Å²) < 4.78 is 48.5. The molecule has 1 aliphatic rings. The Morgan fingerprint density at radius 2 is 1.90 bits per heavy atom. The van der Waals surface area contributed by atoms with Gasteiger partial charge in [0.25, 0.3) is 5.91 Å². The Balaban J connectivity index is 1.70. The van der Waals surface area contributed by atoms with E-state index >= 15 is 0 Å². The van der Waals surface area contributed by atoms with E-state index in [9.17, 15) is 18.0 Å². The lowest BCUT2D eigenvalue weighted by molar-refractivity contribution is -0.141. The molecule has 3 rings (SSSR count). The number of carbonyl (C=O) groups is 1. The minimum absolute atomic E-state index is 0.0773. The molecule has 0 aliphatic carbocycles. The lowest BCUT2D eigenvalue weighted by Crippen LogP contribution is -2.43. The van der Waals surface area contributed by atoms with Crippen molar-refractivity contribution in [3.63, 3.8) is 0 Å². The Labute approximate surface area is 166 Å². The first-order valence-corrected chi connectivity index (χ1v) is 9.15. The lowest BCUT2D eigenvalue weighted by atomic mass is 10.0. The molecule has 1 aromatic carbocycles. The Hall–Kier alpha value is -2.65. The molecule has 1 fully saturated rings. The smallest absolute Gasteiger partial charge is 0.433 e. The molecule has 1 amide bonds. The number of methoxy groups -OCH3 is 1. The second kappa shape index (κ2) is 9.23. The fourth-order valence-corrected chi connectivity index (χ4v) is 3.16. The van der Waals surface area contributed by atoms with Gasteiger partial charge >= 0.3 is 6.18 Å². The van der Waals surface area contributed by atoms with Crippen molar-refractivity contribution in [2.75, 3.05) is 40.0 Å². The molecule has 0 bridgehead atoms. The van der Waals surface area contributed by atoms with Gasteiger partial charge in [0.1, 0.15) is 11.4 Å². The Bertz CT molecular complexity index is 804. The van der Waals surface area contributed by atoms with Crippen LogP contribution in [0.2, 0.25) is 0 Å². The maximum absolute atomic E-state index is 12.6. The molecule has 29 heavy (non-hydrogen) atoms. The van der Waals surface area contributed by atoms with Crippen LogP contribution in [0.3, 0.4) is 0 Å². The van der Waals surface area contributed by atoms with Crippen LogP contribution in [0.25, 0.3) is 0 Å². The average molecular weight is 409 g/mol. The number of rotatable bonds is 6. The highest BCUT2D eigenvalue weighted by Crippen LogP contribution is 2.27. The minimum Gasteiger partial charge on any atom is -0.497 e. The van der Waals surface area contributed by atoms with Crippen molar-refractivity contribution in [2.45, 2.75) is 12.2 Å². The third-order valence-electron chi connectivity index (χ3n) is 4.76. The van der Waals surface area contributed by atoms with E-state index < -0.39 is 17.8 Å². The number of ether oxygens (including phenoxy) is 2. The van der Waals surface area contributed by atoms with E-state index in [4.69, 9.17) is 9.47 Å². The number of hydrogen-bond donors (Lipinski definition) is 1. The number of halogens is 3. The number of hydrogen-bond acceptors (Lipinski definition) is 5. The molecule has 1 aliphatic heterocycles. The van der Waals surface area contributed by atoms with Crippen LogP contribution >= 0.6 is 0 Å². The van der Waals surface area contributed by atoms with E-state index in [0.717, 1.165) is 29.6 Å². The van der Waals surface area contributed by atoms with Gasteiger partial charge in [-0.05, 0) is 29.8 Å². The molecule has 2 heterocycles. The molecular weight excluding hydrogens is 387 g/mol. The first-order valence-electron chi connectivity index (χ1n) is 9.15. The van der Waals surface area contributed by atoms with Crippen LogP contribution in [0.15, 0.2) is 42.6 Å². The van der Waals surface area contributed by atoms with Crippen molar-refractivity contribution in [2.24, 2.45) is 0 Å². The monoisotopic (exact) mass is 409 g/mol. The van der Waals surface area contributed by atoms with Gasteiger partial charge in [0.2, 0.25) is 0 Å². The highest BCUT2D eigenvalue weighted by atomic mass is 19.4. The molecule has 1 atom stereocenters. The van der Waals surface area contributed by atoms with Gasteiger partial charge in [-0.2, -0.15) is 13.2 Å². The summed E-state index contributed by atoms with van der Waals surface area (Å²) in [6, 6.07) is 9.40. The fraction of sp³-hybridized carbons (Fsp3) is 0.400. The van der Waals surface area contributed by atoms with Crippen LogP contribution < -0.4 is 10.1 Å². The average Bonchev–Trinajstić information content (AvgIpc) is 2.74. The number of amides is 1. The molecule has 1 saturated heterocycles. The highest BCUT2D eigenvalue weighted by Gasteiger charge is 2.32. The quantitative estimate of drug-likeness (QED) is 0.795. The van der Waals surface area contributed by atoms with Crippen LogP contribution in [0, 0.1) is 0 Å². The maximum atomic E-state index is 12.6. The molecule has 1 N–H and O–H groups in total. The summed E-state index contributed by atoms with van der Waals surface area (Å²) >= 11 is 0. The van der Waals surface area contributed by atoms with Crippen LogP contribution in [0.1, 0.15) is 27.7 Å². The minimum atomic E-state index is -4.54. The van der Waals surface area contributed by atoms with Crippen molar-refractivity contribution in [1.82, 2.24) is 15.2 Å². The third-order valence-corrected chi connectivity index (χ3v) is 4.76. The molecule has 9 heteroatoms.